The minimum atomic E-state index is -0.306. The lowest BCUT2D eigenvalue weighted by atomic mass is 10.1. The van der Waals surface area contributed by atoms with Gasteiger partial charge in [-0.15, -0.1) is 0 Å². The highest BCUT2D eigenvalue weighted by atomic mass is 19.1. The molecule has 0 fully saturated rings. The highest BCUT2D eigenvalue weighted by Gasteiger charge is 2.08. The minimum Gasteiger partial charge on any atom is -0.487 e. The van der Waals surface area contributed by atoms with E-state index in [-0.39, 0.29) is 12.4 Å². The number of hydrogen-bond acceptors (Lipinski definition) is 3. The summed E-state index contributed by atoms with van der Waals surface area (Å²) in [5, 5.41) is 9.50. The van der Waals surface area contributed by atoms with Crippen LogP contribution in [0.2, 0.25) is 0 Å². The first-order valence-electron chi connectivity index (χ1n) is 6.43. The number of halogens is 1. The lowest BCUT2D eigenvalue weighted by molar-refractivity contribution is 0.306. The van der Waals surface area contributed by atoms with E-state index in [1.807, 2.05) is 0 Å². The lowest BCUT2D eigenvalue weighted by Crippen LogP contribution is -1.99. The molecular weight excluding hydrogens is 267 g/mol. The van der Waals surface area contributed by atoms with E-state index in [0.29, 0.717) is 22.2 Å². The van der Waals surface area contributed by atoms with E-state index in [0.717, 1.165) is 5.56 Å². The molecule has 0 radical (unpaired) electrons. The molecule has 1 heterocycles. The van der Waals surface area contributed by atoms with Crippen molar-refractivity contribution in [1.29, 1.82) is 5.26 Å². The fourth-order valence-corrected chi connectivity index (χ4v) is 2.15. The number of aromatic nitrogens is 1. The first-order chi connectivity index (χ1) is 10.3. The van der Waals surface area contributed by atoms with Gasteiger partial charge in [-0.25, -0.2) is 4.39 Å². The molecule has 0 spiro atoms. The summed E-state index contributed by atoms with van der Waals surface area (Å²) in [5.74, 6) is 0.202. The molecular formula is C17H11FN2O. The van der Waals surface area contributed by atoms with Gasteiger partial charge in [-0.2, -0.15) is 5.26 Å². The summed E-state index contributed by atoms with van der Waals surface area (Å²) in [6.45, 7) is 0.229. The molecule has 0 N–H and O–H groups in total. The number of ether oxygens (including phenoxy) is 1. The third kappa shape index (κ3) is 2.54. The quantitative estimate of drug-likeness (QED) is 0.731. The van der Waals surface area contributed by atoms with Gasteiger partial charge in [0.05, 0.1) is 11.1 Å². The van der Waals surface area contributed by atoms with E-state index >= 15 is 0 Å². The number of nitrogens with zero attached hydrogens (tertiary/aromatic N) is 2. The molecule has 4 heteroatoms. The average molecular weight is 278 g/mol. The summed E-state index contributed by atoms with van der Waals surface area (Å²) in [4.78, 5) is 4.21. The summed E-state index contributed by atoms with van der Waals surface area (Å²) < 4.78 is 19.4. The van der Waals surface area contributed by atoms with E-state index < -0.39 is 0 Å². The van der Waals surface area contributed by atoms with Crippen LogP contribution < -0.4 is 4.74 Å². The average Bonchev–Trinajstić information content (AvgIpc) is 2.55. The summed E-state index contributed by atoms with van der Waals surface area (Å²) in [7, 11) is 0. The number of para-hydroxylation sites is 1. The summed E-state index contributed by atoms with van der Waals surface area (Å²) in [6.07, 6.45) is 1.62. The Labute approximate surface area is 121 Å². The highest BCUT2D eigenvalue weighted by molar-refractivity contribution is 5.82. The van der Waals surface area contributed by atoms with Gasteiger partial charge in [-0.3, -0.25) is 4.98 Å². The van der Waals surface area contributed by atoms with Crippen molar-refractivity contribution in [3.8, 4) is 11.8 Å². The molecule has 0 saturated heterocycles. The minimum absolute atomic E-state index is 0.229. The van der Waals surface area contributed by atoms with Crippen molar-refractivity contribution < 1.29 is 9.13 Å². The van der Waals surface area contributed by atoms with Crippen LogP contribution in [0.4, 0.5) is 4.39 Å². The Balaban J connectivity index is 1.93. The fraction of sp³-hybridized carbons (Fsp3) is 0.0588. The van der Waals surface area contributed by atoms with E-state index in [1.165, 1.54) is 6.07 Å². The normalized spacial score (nSPS) is 10.3. The van der Waals surface area contributed by atoms with Crippen molar-refractivity contribution in [2.75, 3.05) is 0 Å². The Bertz CT molecular complexity index is 840. The molecule has 3 aromatic rings. The molecule has 2 aromatic carbocycles. The molecule has 3 rings (SSSR count). The maximum atomic E-state index is 13.7. The van der Waals surface area contributed by atoms with Crippen LogP contribution in [0.5, 0.6) is 5.75 Å². The number of hydrogen-bond donors (Lipinski definition) is 0. The van der Waals surface area contributed by atoms with Crippen LogP contribution in [0, 0.1) is 17.1 Å². The van der Waals surface area contributed by atoms with Gasteiger partial charge in [0, 0.05) is 17.1 Å². The van der Waals surface area contributed by atoms with Crippen LogP contribution in [0.1, 0.15) is 11.1 Å². The zero-order valence-corrected chi connectivity index (χ0v) is 11.1. The summed E-state index contributed by atoms with van der Waals surface area (Å²) >= 11 is 0. The summed E-state index contributed by atoms with van der Waals surface area (Å²) in [5.41, 5.74) is 1.82. The molecule has 0 aliphatic carbocycles. The maximum Gasteiger partial charge on any atom is 0.137 e. The first-order valence-corrected chi connectivity index (χ1v) is 6.43. The van der Waals surface area contributed by atoms with Gasteiger partial charge in [-0.05, 0) is 30.3 Å². The number of benzene rings is 2. The Kier molecular flexibility index (Phi) is 3.48. The number of nitriles is 1. The molecule has 1 aromatic heterocycles. The second-order valence-electron chi connectivity index (χ2n) is 4.50. The van der Waals surface area contributed by atoms with Crippen molar-refractivity contribution in [1.82, 2.24) is 4.98 Å². The molecule has 3 nitrogen and oxygen atoms in total. The third-order valence-corrected chi connectivity index (χ3v) is 3.19. The second-order valence-corrected chi connectivity index (χ2v) is 4.50. The Morgan fingerprint density at radius 1 is 1.10 bits per heavy atom. The van der Waals surface area contributed by atoms with Gasteiger partial charge >= 0.3 is 0 Å². The molecule has 0 aliphatic heterocycles. The first kappa shape index (κ1) is 13.1. The van der Waals surface area contributed by atoms with Gasteiger partial charge in [0.2, 0.25) is 0 Å². The Morgan fingerprint density at radius 3 is 2.81 bits per heavy atom. The van der Waals surface area contributed by atoms with Gasteiger partial charge in [-0.1, -0.05) is 18.2 Å². The fourth-order valence-electron chi connectivity index (χ4n) is 2.15. The molecule has 0 atom stereocenters. The zero-order valence-electron chi connectivity index (χ0n) is 11.1. The number of pyridine rings is 1. The molecule has 0 bridgehead atoms. The van der Waals surface area contributed by atoms with Crippen LogP contribution in [0.3, 0.4) is 0 Å². The van der Waals surface area contributed by atoms with E-state index in [4.69, 9.17) is 10.00 Å². The predicted molar refractivity (Wildman–Crippen MR) is 77.2 cm³/mol. The second kappa shape index (κ2) is 5.59. The third-order valence-electron chi connectivity index (χ3n) is 3.19. The molecule has 0 amide bonds. The van der Waals surface area contributed by atoms with E-state index in [1.54, 1.807) is 48.7 Å². The van der Waals surface area contributed by atoms with Crippen LogP contribution in [0.25, 0.3) is 10.9 Å². The van der Waals surface area contributed by atoms with E-state index in [9.17, 15) is 4.39 Å². The zero-order chi connectivity index (χ0) is 14.7. The number of rotatable bonds is 3. The van der Waals surface area contributed by atoms with Crippen LogP contribution in [0.15, 0.2) is 54.7 Å². The van der Waals surface area contributed by atoms with Gasteiger partial charge < -0.3 is 4.74 Å². The van der Waals surface area contributed by atoms with Gasteiger partial charge in [0.25, 0.3) is 0 Å². The lowest BCUT2D eigenvalue weighted by Gasteiger charge is -2.10. The Hall–Kier alpha value is -2.93. The molecule has 0 saturated carbocycles. The highest BCUT2D eigenvalue weighted by Crippen LogP contribution is 2.23. The SMILES string of the molecule is N#Cc1ccccc1OCc1ccc(F)c2cccnc12. The predicted octanol–water partition coefficient (Wildman–Crippen LogP) is 3.82. The maximum absolute atomic E-state index is 13.7. The monoisotopic (exact) mass is 278 g/mol. The van der Waals surface area contributed by atoms with Crippen molar-refractivity contribution >= 4 is 10.9 Å². The van der Waals surface area contributed by atoms with Crippen molar-refractivity contribution in [2.45, 2.75) is 6.61 Å². The topological polar surface area (TPSA) is 45.9 Å². The van der Waals surface area contributed by atoms with Crippen molar-refractivity contribution in [2.24, 2.45) is 0 Å². The van der Waals surface area contributed by atoms with Gasteiger partial charge in [0.1, 0.15) is 24.2 Å². The Morgan fingerprint density at radius 2 is 1.95 bits per heavy atom. The van der Waals surface area contributed by atoms with Crippen molar-refractivity contribution in [3.63, 3.8) is 0 Å². The molecule has 0 unspecified atom stereocenters. The van der Waals surface area contributed by atoms with E-state index in [2.05, 4.69) is 11.1 Å². The number of fused-ring (bicyclic) bond motifs is 1. The standard InChI is InChI=1S/C17H11FN2O/c18-15-8-7-13(17-14(15)5-3-9-20-17)11-21-16-6-2-1-4-12(16)10-19/h1-9H,11H2. The summed E-state index contributed by atoms with van der Waals surface area (Å²) in [6, 6.07) is 15.5. The van der Waals surface area contributed by atoms with Crippen LogP contribution in [-0.4, -0.2) is 4.98 Å². The molecule has 0 aliphatic rings. The molecule has 21 heavy (non-hydrogen) atoms. The smallest absolute Gasteiger partial charge is 0.137 e. The molecule has 102 valence electrons. The van der Waals surface area contributed by atoms with Crippen LogP contribution in [-0.2, 0) is 6.61 Å². The van der Waals surface area contributed by atoms with Gasteiger partial charge in [0.15, 0.2) is 0 Å². The van der Waals surface area contributed by atoms with Crippen molar-refractivity contribution in [3.05, 3.63) is 71.7 Å². The van der Waals surface area contributed by atoms with Crippen LogP contribution >= 0.6 is 0 Å². The largest absolute Gasteiger partial charge is 0.487 e.